The molecule has 1 aromatic carbocycles. The maximum atomic E-state index is 14.0. The van der Waals surface area contributed by atoms with E-state index in [-0.39, 0.29) is 17.2 Å². The summed E-state index contributed by atoms with van der Waals surface area (Å²) >= 11 is 7.99. The Bertz CT molecular complexity index is 551. The first kappa shape index (κ1) is 15.7. The van der Waals surface area contributed by atoms with E-state index in [1.165, 1.54) is 19.1 Å². The number of morpholine rings is 1. The van der Waals surface area contributed by atoms with Gasteiger partial charge in [-0.25, -0.2) is 4.39 Å². The number of ether oxygens (including phenoxy) is 1. The molecule has 1 heterocycles. The molecule has 1 saturated heterocycles. The third-order valence-electron chi connectivity index (χ3n) is 3.09. The molecule has 0 radical (unpaired) electrons. The van der Waals surface area contributed by atoms with E-state index in [9.17, 15) is 17.6 Å². The van der Waals surface area contributed by atoms with E-state index in [4.69, 9.17) is 17.0 Å². The number of nitrogens with one attached hydrogen (secondary N) is 1. The average molecular weight is 372 g/mol. The summed E-state index contributed by atoms with van der Waals surface area (Å²) < 4.78 is 58.7. The molecule has 1 aromatic rings. The number of hydrogen-bond donors (Lipinski definition) is 1. The van der Waals surface area contributed by atoms with E-state index in [0.717, 1.165) is 6.07 Å². The van der Waals surface area contributed by atoms with Crippen LogP contribution in [0.15, 0.2) is 22.7 Å². The topological polar surface area (TPSA) is 21.3 Å². The monoisotopic (exact) mass is 371 g/mol. The third kappa shape index (κ3) is 2.82. The van der Waals surface area contributed by atoms with Gasteiger partial charge in [-0.05, 0) is 25.1 Å². The molecule has 0 aliphatic carbocycles. The first-order chi connectivity index (χ1) is 9.14. The largest absolute Gasteiger partial charge is 0.417 e. The third-order valence-corrected chi connectivity index (χ3v) is 3.80. The van der Waals surface area contributed by atoms with Gasteiger partial charge in [-0.1, -0.05) is 28.1 Å². The zero-order valence-electron chi connectivity index (χ0n) is 10.2. The van der Waals surface area contributed by atoms with Crippen LogP contribution in [-0.2, 0) is 10.3 Å². The maximum Gasteiger partial charge on any atom is 0.417 e. The zero-order chi connectivity index (χ0) is 15.1. The van der Waals surface area contributed by atoms with Crippen molar-refractivity contribution in [2.45, 2.75) is 24.7 Å². The van der Waals surface area contributed by atoms with Gasteiger partial charge in [0.1, 0.15) is 10.8 Å². The van der Waals surface area contributed by atoms with Crippen molar-refractivity contribution in [3.63, 3.8) is 0 Å². The van der Waals surface area contributed by atoms with Crippen molar-refractivity contribution in [1.82, 2.24) is 5.32 Å². The van der Waals surface area contributed by atoms with Crippen LogP contribution in [0.2, 0.25) is 0 Å². The second-order valence-corrected chi connectivity index (χ2v) is 6.02. The van der Waals surface area contributed by atoms with Crippen LogP contribution in [0.4, 0.5) is 17.6 Å². The molecule has 0 spiro atoms. The van der Waals surface area contributed by atoms with Crippen LogP contribution in [0.5, 0.6) is 0 Å². The van der Waals surface area contributed by atoms with Gasteiger partial charge in [0.05, 0.1) is 12.1 Å². The van der Waals surface area contributed by atoms with Gasteiger partial charge in [-0.15, -0.1) is 0 Å². The Morgan fingerprint density at radius 2 is 2.10 bits per heavy atom. The lowest BCUT2D eigenvalue weighted by Gasteiger charge is -2.43. The Morgan fingerprint density at radius 1 is 1.45 bits per heavy atom. The first-order valence-electron chi connectivity index (χ1n) is 5.59. The number of alkyl halides is 3. The molecule has 2 unspecified atom stereocenters. The molecule has 8 heteroatoms. The smallest absolute Gasteiger partial charge is 0.365 e. The molecule has 110 valence electrons. The van der Waals surface area contributed by atoms with Crippen LogP contribution in [0, 0.1) is 5.82 Å². The fourth-order valence-electron chi connectivity index (χ4n) is 2.24. The highest BCUT2D eigenvalue weighted by molar-refractivity contribution is 9.10. The highest BCUT2D eigenvalue weighted by atomic mass is 79.9. The van der Waals surface area contributed by atoms with Gasteiger partial charge in [-0.2, -0.15) is 13.2 Å². The highest BCUT2D eigenvalue weighted by Crippen LogP contribution is 2.40. The standard InChI is InChI=1S/C12H10BrF4NOS/c1-11(7-4-6(13)2-3-8(7)14)10(12(15,16)17)19-5-9(20)18-11/h2-4,10H,5H2,1H3,(H,18,20). The Balaban J connectivity index is 2.56. The van der Waals surface area contributed by atoms with Crippen molar-refractivity contribution in [3.05, 3.63) is 34.1 Å². The molecule has 0 aromatic heterocycles. The van der Waals surface area contributed by atoms with E-state index < -0.39 is 23.6 Å². The minimum atomic E-state index is -4.65. The van der Waals surface area contributed by atoms with Gasteiger partial charge in [-0.3, -0.25) is 0 Å². The summed E-state index contributed by atoms with van der Waals surface area (Å²) in [6.07, 6.45) is -6.84. The quantitative estimate of drug-likeness (QED) is 0.600. The number of thiocarbonyl (C=S) groups is 1. The summed E-state index contributed by atoms with van der Waals surface area (Å²) in [5.74, 6) is -0.759. The molecule has 2 rings (SSSR count). The molecule has 1 aliphatic rings. The molecule has 0 bridgehead atoms. The minimum absolute atomic E-state index is 0.104. The van der Waals surface area contributed by atoms with E-state index >= 15 is 0 Å². The second kappa shape index (κ2) is 5.23. The molecule has 2 nitrogen and oxygen atoms in total. The fraction of sp³-hybridized carbons (Fsp3) is 0.417. The Labute approximate surface area is 126 Å². The lowest BCUT2D eigenvalue weighted by atomic mass is 9.84. The normalized spacial score (nSPS) is 27.3. The van der Waals surface area contributed by atoms with Gasteiger partial charge in [0.15, 0.2) is 6.10 Å². The van der Waals surface area contributed by atoms with Crippen LogP contribution in [-0.4, -0.2) is 23.9 Å². The zero-order valence-corrected chi connectivity index (χ0v) is 12.6. The van der Waals surface area contributed by atoms with Crippen molar-refractivity contribution >= 4 is 33.1 Å². The van der Waals surface area contributed by atoms with Crippen LogP contribution < -0.4 is 5.32 Å². The molecular formula is C12H10BrF4NOS. The Kier molecular flexibility index (Phi) is 4.10. The summed E-state index contributed by atoms with van der Waals surface area (Å²) in [7, 11) is 0. The minimum Gasteiger partial charge on any atom is -0.365 e. The lowest BCUT2D eigenvalue weighted by Crippen LogP contribution is -2.63. The maximum absolute atomic E-state index is 14.0. The van der Waals surface area contributed by atoms with Crippen LogP contribution >= 0.6 is 28.1 Å². The summed E-state index contributed by atoms with van der Waals surface area (Å²) in [6.45, 7) is 0.881. The van der Waals surface area contributed by atoms with Gasteiger partial charge in [0, 0.05) is 10.0 Å². The number of rotatable bonds is 1. The summed E-state index contributed by atoms with van der Waals surface area (Å²) in [4.78, 5) is 0.104. The molecule has 1 aliphatic heterocycles. The van der Waals surface area contributed by atoms with Gasteiger partial charge in [0.25, 0.3) is 0 Å². The van der Waals surface area contributed by atoms with Gasteiger partial charge in [0.2, 0.25) is 0 Å². The van der Waals surface area contributed by atoms with Crippen molar-refractivity contribution in [2.75, 3.05) is 6.61 Å². The summed E-state index contributed by atoms with van der Waals surface area (Å²) in [5, 5.41) is 2.56. The number of hydrogen-bond acceptors (Lipinski definition) is 2. The van der Waals surface area contributed by atoms with Crippen molar-refractivity contribution in [3.8, 4) is 0 Å². The summed E-state index contributed by atoms with van der Waals surface area (Å²) in [5.41, 5.74) is -1.97. The summed E-state index contributed by atoms with van der Waals surface area (Å²) in [6, 6.07) is 3.79. The molecule has 0 amide bonds. The van der Waals surface area contributed by atoms with Crippen molar-refractivity contribution in [2.24, 2.45) is 0 Å². The molecule has 1 fully saturated rings. The highest BCUT2D eigenvalue weighted by Gasteiger charge is 2.56. The number of halogens is 5. The second-order valence-electron chi connectivity index (χ2n) is 4.61. The van der Waals surface area contributed by atoms with Crippen LogP contribution in [0.1, 0.15) is 12.5 Å². The molecular weight excluding hydrogens is 362 g/mol. The van der Waals surface area contributed by atoms with Crippen LogP contribution in [0.3, 0.4) is 0 Å². The Morgan fingerprint density at radius 3 is 2.70 bits per heavy atom. The van der Waals surface area contributed by atoms with Crippen molar-refractivity contribution < 1.29 is 22.3 Å². The average Bonchev–Trinajstić information content (AvgIpc) is 2.30. The predicted molar refractivity (Wildman–Crippen MR) is 73.0 cm³/mol. The van der Waals surface area contributed by atoms with Crippen LogP contribution in [0.25, 0.3) is 0 Å². The van der Waals surface area contributed by atoms with Gasteiger partial charge < -0.3 is 10.1 Å². The Hall–Kier alpha value is -0.730. The van der Waals surface area contributed by atoms with E-state index in [1.807, 2.05) is 0 Å². The fourth-order valence-corrected chi connectivity index (χ4v) is 2.88. The molecule has 20 heavy (non-hydrogen) atoms. The SMILES string of the molecule is CC1(c2cc(Br)ccc2F)NC(=S)COC1C(F)(F)F. The number of benzene rings is 1. The van der Waals surface area contributed by atoms with E-state index in [1.54, 1.807) is 0 Å². The first-order valence-corrected chi connectivity index (χ1v) is 6.79. The molecule has 2 atom stereocenters. The molecule has 1 N–H and O–H groups in total. The molecule has 0 saturated carbocycles. The van der Waals surface area contributed by atoms with Gasteiger partial charge >= 0.3 is 6.18 Å². The van der Waals surface area contributed by atoms with Crippen molar-refractivity contribution in [1.29, 1.82) is 0 Å². The van der Waals surface area contributed by atoms with E-state index in [2.05, 4.69) is 21.2 Å². The van der Waals surface area contributed by atoms with E-state index in [0.29, 0.717) is 4.47 Å². The predicted octanol–water partition coefficient (Wildman–Crippen LogP) is 3.68. The lowest BCUT2D eigenvalue weighted by molar-refractivity contribution is -0.243.